The van der Waals surface area contributed by atoms with E-state index in [1.165, 1.54) is 5.56 Å². The number of nitrogens with two attached hydrogens (primary N) is 1. The van der Waals surface area contributed by atoms with Crippen molar-refractivity contribution in [1.82, 2.24) is 14.9 Å². The zero-order valence-corrected chi connectivity index (χ0v) is 17.4. The van der Waals surface area contributed by atoms with Crippen molar-refractivity contribution in [2.24, 2.45) is 11.8 Å². The zero-order valence-electron chi connectivity index (χ0n) is 17.4. The van der Waals surface area contributed by atoms with E-state index in [-0.39, 0.29) is 6.04 Å². The van der Waals surface area contributed by atoms with Gasteiger partial charge in [0, 0.05) is 37.8 Å². The van der Waals surface area contributed by atoms with Crippen molar-refractivity contribution < 1.29 is 9.53 Å². The first-order valence-electron chi connectivity index (χ1n) is 10.9. The number of nitrogens with zero attached hydrogens (tertiary/aromatic N) is 4. The molecule has 1 aromatic heterocycles. The van der Waals surface area contributed by atoms with E-state index in [2.05, 4.69) is 31.9 Å². The molecule has 3 aliphatic rings. The lowest BCUT2D eigenvalue weighted by Gasteiger charge is -2.56. The number of rotatable bonds is 4. The average Bonchev–Trinajstić information content (AvgIpc) is 2.77. The van der Waals surface area contributed by atoms with Crippen molar-refractivity contribution in [3.05, 3.63) is 42.1 Å². The largest absolute Gasteiger partial charge is 0.497 e. The number of carbonyl (C=O) groups is 1. The number of anilines is 2. The molecule has 0 spiro atoms. The predicted molar refractivity (Wildman–Crippen MR) is 115 cm³/mol. The Bertz CT molecular complexity index is 935. The molecule has 2 aromatic rings. The van der Waals surface area contributed by atoms with Crippen LogP contribution in [0.2, 0.25) is 0 Å². The number of carbonyl (C=O) groups excluding carboxylic acids is 1. The van der Waals surface area contributed by atoms with Crippen LogP contribution in [-0.4, -0.2) is 53.1 Å². The molecule has 0 saturated carbocycles. The molecule has 2 bridgehead atoms. The van der Waals surface area contributed by atoms with Crippen LogP contribution < -0.4 is 15.4 Å². The third-order valence-electron chi connectivity index (χ3n) is 7.02. The second kappa shape index (κ2) is 7.78. The fraction of sp³-hybridized carbons (Fsp3) is 0.522. The number of aromatic nitrogens is 2. The fourth-order valence-electron chi connectivity index (χ4n) is 5.76. The second-order valence-corrected chi connectivity index (χ2v) is 8.83. The monoisotopic (exact) mass is 407 g/mol. The highest BCUT2D eigenvalue weighted by molar-refractivity contribution is 5.78. The van der Waals surface area contributed by atoms with Gasteiger partial charge in [-0.2, -0.15) is 4.98 Å². The molecule has 7 nitrogen and oxygen atoms in total. The molecular formula is C23H29N5O2. The highest BCUT2D eigenvalue weighted by atomic mass is 16.5. The Balaban J connectivity index is 1.46. The van der Waals surface area contributed by atoms with E-state index in [1.54, 1.807) is 19.4 Å². The smallest absolute Gasteiger partial charge is 0.227 e. The standard InChI is InChI=1S/C23H29N5O2/c1-30-18-5-2-4-15(10-18)11-20-17-12-16(19-6-3-7-22(29)28(19)20)13-27(14-17)23-25-9-8-21(24)26-23/h2,4-5,8-10,16-17,19-20H,3,6-7,11-14H2,1H3,(H2,24,25,26)/t16-,17+,19+,20+/m1/s1. The Morgan fingerprint density at radius 3 is 2.93 bits per heavy atom. The maximum atomic E-state index is 13.0. The Morgan fingerprint density at radius 2 is 2.10 bits per heavy atom. The summed E-state index contributed by atoms with van der Waals surface area (Å²) in [5.74, 6) is 3.24. The van der Waals surface area contributed by atoms with Crippen molar-refractivity contribution >= 4 is 17.7 Å². The lowest BCUT2D eigenvalue weighted by molar-refractivity contribution is -0.148. The van der Waals surface area contributed by atoms with Gasteiger partial charge < -0.3 is 20.3 Å². The summed E-state index contributed by atoms with van der Waals surface area (Å²) in [7, 11) is 1.69. The summed E-state index contributed by atoms with van der Waals surface area (Å²) in [6, 6.07) is 10.5. The number of methoxy groups -OCH3 is 1. The third kappa shape index (κ3) is 3.46. The highest BCUT2D eigenvalue weighted by Gasteiger charge is 2.49. The Labute approximate surface area is 177 Å². The molecule has 0 radical (unpaired) electrons. The number of amides is 1. The van der Waals surface area contributed by atoms with Crippen LogP contribution in [0.15, 0.2) is 36.5 Å². The van der Waals surface area contributed by atoms with Crippen molar-refractivity contribution in [3.8, 4) is 5.75 Å². The molecule has 1 aromatic carbocycles. The number of benzene rings is 1. The van der Waals surface area contributed by atoms with Crippen LogP contribution in [-0.2, 0) is 11.2 Å². The topological polar surface area (TPSA) is 84.6 Å². The summed E-state index contributed by atoms with van der Waals surface area (Å²) in [4.78, 5) is 26.5. The predicted octanol–water partition coefficient (Wildman–Crippen LogP) is 2.52. The molecular weight excluding hydrogens is 378 g/mol. The molecule has 0 aliphatic carbocycles. The summed E-state index contributed by atoms with van der Waals surface area (Å²) in [6.07, 6.45) is 6.48. The van der Waals surface area contributed by atoms with Gasteiger partial charge in [-0.3, -0.25) is 4.79 Å². The van der Waals surface area contributed by atoms with E-state index in [1.807, 2.05) is 12.1 Å². The van der Waals surface area contributed by atoms with Gasteiger partial charge in [-0.15, -0.1) is 0 Å². The van der Waals surface area contributed by atoms with Crippen LogP contribution in [0.3, 0.4) is 0 Å². The van der Waals surface area contributed by atoms with E-state index in [0.717, 1.165) is 44.5 Å². The van der Waals surface area contributed by atoms with E-state index in [0.29, 0.717) is 42.0 Å². The maximum Gasteiger partial charge on any atom is 0.227 e. The second-order valence-electron chi connectivity index (χ2n) is 8.83. The third-order valence-corrected chi connectivity index (χ3v) is 7.02. The van der Waals surface area contributed by atoms with Crippen molar-refractivity contribution in [1.29, 1.82) is 0 Å². The average molecular weight is 408 g/mol. The highest BCUT2D eigenvalue weighted by Crippen LogP contribution is 2.43. The van der Waals surface area contributed by atoms with Gasteiger partial charge in [0.1, 0.15) is 11.6 Å². The fourth-order valence-corrected chi connectivity index (χ4v) is 5.76. The van der Waals surface area contributed by atoms with E-state index < -0.39 is 0 Å². The number of hydrogen-bond donors (Lipinski definition) is 1. The molecule has 3 aliphatic heterocycles. The molecule has 1 amide bonds. The Morgan fingerprint density at radius 1 is 1.23 bits per heavy atom. The van der Waals surface area contributed by atoms with Crippen molar-refractivity contribution in [3.63, 3.8) is 0 Å². The van der Waals surface area contributed by atoms with Crippen LogP contribution >= 0.6 is 0 Å². The summed E-state index contributed by atoms with van der Waals surface area (Å²) >= 11 is 0. The molecule has 7 heteroatoms. The normalized spacial score (nSPS) is 28.2. The molecule has 158 valence electrons. The number of piperidine rings is 3. The number of nitrogen functional groups attached to an aromatic ring is 1. The van der Waals surface area contributed by atoms with Crippen molar-refractivity contribution in [2.75, 3.05) is 30.8 Å². The summed E-state index contributed by atoms with van der Waals surface area (Å²) in [5.41, 5.74) is 7.13. The minimum absolute atomic E-state index is 0.190. The van der Waals surface area contributed by atoms with Gasteiger partial charge in [0.25, 0.3) is 0 Å². The first-order valence-corrected chi connectivity index (χ1v) is 10.9. The minimum atomic E-state index is 0.190. The molecule has 3 saturated heterocycles. The van der Waals surface area contributed by atoms with Crippen LogP contribution in [0.25, 0.3) is 0 Å². The van der Waals surface area contributed by atoms with Gasteiger partial charge in [-0.1, -0.05) is 12.1 Å². The first kappa shape index (κ1) is 19.2. The number of hydrogen-bond acceptors (Lipinski definition) is 6. The summed E-state index contributed by atoms with van der Waals surface area (Å²) in [5, 5.41) is 0. The van der Waals surface area contributed by atoms with Gasteiger partial charge in [0.15, 0.2) is 0 Å². The van der Waals surface area contributed by atoms with Crippen LogP contribution in [0.4, 0.5) is 11.8 Å². The molecule has 0 unspecified atom stereocenters. The quantitative estimate of drug-likeness (QED) is 0.838. The van der Waals surface area contributed by atoms with Gasteiger partial charge in [0.2, 0.25) is 11.9 Å². The van der Waals surface area contributed by atoms with E-state index in [4.69, 9.17) is 10.5 Å². The lowest BCUT2D eigenvalue weighted by atomic mass is 9.71. The summed E-state index contributed by atoms with van der Waals surface area (Å²) < 4.78 is 5.42. The molecule has 2 N–H and O–H groups in total. The van der Waals surface area contributed by atoms with E-state index >= 15 is 0 Å². The van der Waals surface area contributed by atoms with Crippen LogP contribution in [0, 0.1) is 11.8 Å². The zero-order chi connectivity index (χ0) is 20.7. The molecule has 4 atom stereocenters. The van der Waals surface area contributed by atoms with Gasteiger partial charge in [0.05, 0.1) is 7.11 Å². The van der Waals surface area contributed by atoms with Crippen LogP contribution in [0.1, 0.15) is 31.2 Å². The maximum absolute atomic E-state index is 13.0. The van der Waals surface area contributed by atoms with Crippen LogP contribution in [0.5, 0.6) is 5.75 Å². The Hall–Kier alpha value is -2.83. The van der Waals surface area contributed by atoms with E-state index in [9.17, 15) is 4.79 Å². The summed E-state index contributed by atoms with van der Waals surface area (Å²) in [6.45, 7) is 1.74. The number of ether oxygens (including phenoxy) is 1. The van der Waals surface area contributed by atoms with Crippen molar-refractivity contribution in [2.45, 2.75) is 44.2 Å². The van der Waals surface area contributed by atoms with Gasteiger partial charge >= 0.3 is 0 Å². The molecule has 5 rings (SSSR count). The SMILES string of the molecule is COc1cccc(C[C@H]2[C@H]3C[C@H](CN(c4nccc(N)n4)C3)[C@@H]3CCCC(=O)N32)c1. The van der Waals surface area contributed by atoms with Gasteiger partial charge in [-0.05, 0) is 61.3 Å². The molecule has 3 fully saturated rings. The molecule has 4 heterocycles. The van der Waals surface area contributed by atoms with Gasteiger partial charge in [-0.25, -0.2) is 4.98 Å². The molecule has 30 heavy (non-hydrogen) atoms. The Kier molecular flexibility index (Phi) is 4.97. The first-order chi connectivity index (χ1) is 14.6. The lowest BCUT2D eigenvalue weighted by Crippen LogP contribution is -2.65. The number of fused-ring (bicyclic) bond motifs is 4. The minimum Gasteiger partial charge on any atom is -0.497 e.